The van der Waals surface area contributed by atoms with Gasteiger partial charge in [0.1, 0.15) is 12.2 Å². The van der Waals surface area contributed by atoms with E-state index in [1.165, 1.54) is 16.7 Å². The number of hydrogen-bond acceptors (Lipinski definition) is 3. The molecule has 32 heavy (non-hydrogen) atoms. The summed E-state index contributed by atoms with van der Waals surface area (Å²) in [5.41, 5.74) is 3.70. The molecule has 0 unspecified atom stereocenters. The molecule has 2 aromatic heterocycles. The van der Waals surface area contributed by atoms with Crippen LogP contribution in [0.25, 0.3) is 16.7 Å². The lowest BCUT2D eigenvalue weighted by atomic mass is 10.1. The maximum absolute atomic E-state index is 13.5. The Balaban J connectivity index is 1.82. The van der Waals surface area contributed by atoms with Gasteiger partial charge in [0.25, 0.3) is 5.56 Å². The van der Waals surface area contributed by atoms with Crippen molar-refractivity contribution < 1.29 is 13.6 Å². The topological polar surface area (TPSA) is 68.9 Å². The summed E-state index contributed by atoms with van der Waals surface area (Å²) in [4.78, 5) is 25.7. The summed E-state index contributed by atoms with van der Waals surface area (Å²) >= 11 is 0. The Morgan fingerprint density at radius 1 is 1.03 bits per heavy atom. The molecule has 0 aliphatic carbocycles. The van der Waals surface area contributed by atoms with E-state index < -0.39 is 17.5 Å². The minimum atomic E-state index is -1.07. The molecular formula is C24H22F2N4O2. The molecule has 8 heteroatoms. The van der Waals surface area contributed by atoms with Crippen molar-refractivity contribution in [2.45, 2.75) is 33.7 Å². The number of halogens is 2. The van der Waals surface area contributed by atoms with E-state index in [0.29, 0.717) is 12.1 Å². The molecule has 0 bridgehead atoms. The monoisotopic (exact) mass is 436 g/mol. The Morgan fingerprint density at radius 2 is 1.75 bits per heavy atom. The fraction of sp³-hybridized carbons (Fsp3) is 0.208. The minimum Gasteiger partial charge on any atom is -0.324 e. The highest BCUT2D eigenvalue weighted by Gasteiger charge is 2.19. The second-order valence-corrected chi connectivity index (χ2v) is 7.66. The molecule has 2 aromatic carbocycles. The van der Waals surface area contributed by atoms with Gasteiger partial charge in [-0.1, -0.05) is 24.6 Å². The zero-order valence-corrected chi connectivity index (χ0v) is 17.9. The Morgan fingerprint density at radius 3 is 2.41 bits per heavy atom. The fourth-order valence-electron chi connectivity index (χ4n) is 3.76. The second-order valence-electron chi connectivity index (χ2n) is 7.66. The van der Waals surface area contributed by atoms with Crippen molar-refractivity contribution in [1.82, 2.24) is 14.3 Å². The third-order valence-electron chi connectivity index (χ3n) is 5.34. The van der Waals surface area contributed by atoms with Crippen molar-refractivity contribution in [2.75, 3.05) is 5.32 Å². The van der Waals surface area contributed by atoms with Crippen molar-refractivity contribution >= 4 is 22.6 Å². The number of carbonyl (C=O) groups is 1. The van der Waals surface area contributed by atoms with E-state index in [1.807, 2.05) is 45.0 Å². The predicted molar refractivity (Wildman–Crippen MR) is 119 cm³/mol. The van der Waals surface area contributed by atoms with Gasteiger partial charge in [0.15, 0.2) is 11.6 Å². The summed E-state index contributed by atoms with van der Waals surface area (Å²) in [6.45, 7) is 5.48. The Bertz CT molecular complexity index is 1390. The Hall–Kier alpha value is -3.81. The molecule has 164 valence electrons. The smallest absolute Gasteiger partial charge is 0.252 e. The third-order valence-corrected chi connectivity index (χ3v) is 5.34. The molecule has 4 rings (SSSR count). The number of nitrogens with zero attached hydrogens (tertiary/aromatic N) is 3. The van der Waals surface area contributed by atoms with Crippen LogP contribution in [0.1, 0.15) is 23.7 Å². The Labute approximate surface area is 183 Å². The summed E-state index contributed by atoms with van der Waals surface area (Å²) in [5.74, 6) is -2.62. The van der Waals surface area contributed by atoms with Crippen LogP contribution in [0.15, 0.2) is 53.3 Å². The molecular weight excluding hydrogens is 414 g/mol. The van der Waals surface area contributed by atoms with Gasteiger partial charge in [-0.25, -0.2) is 13.5 Å². The van der Waals surface area contributed by atoms with Gasteiger partial charge in [0, 0.05) is 23.2 Å². The molecule has 0 spiro atoms. The molecule has 1 N–H and O–H groups in total. The van der Waals surface area contributed by atoms with Crippen molar-refractivity contribution in [3.05, 3.63) is 87.3 Å². The molecule has 4 aromatic rings. The van der Waals surface area contributed by atoms with Crippen LogP contribution in [0.2, 0.25) is 0 Å². The quantitative estimate of drug-likeness (QED) is 0.508. The van der Waals surface area contributed by atoms with Crippen LogP contribution < -0.4 is 10.9 Å². The van der Waals surface area contributed by atoms with E-state index in [0.717, 1.165) is 40.0 Å². The number of carbonyl (C=O) groups excluding carboxylic acids is 1. The molecule has 0 aliphatic heterocycles. The van der Waals surface area contributed by atoms with E-state index >= 15 is 0 Å². The van der Waals surface area contributed by atoms with E-state index in [1.54, 1.807) is 4.68 Å². The highest BCUT2D eigenvalue weighted by molar-refractivity contribution is 5.92. The molecule has 0 radical (unpaired) electrons. The summed E-state index contributed by atoms with van der Waals surface area (Å²) in [6, 6.07) is 12.3. The molecule has 0 fully saturated rings. The molecule has 0 saturated carbocycles. The van der Waals surface area contributed by atoms with E-state index in [2.05, 4.69) is 10.4 Å². The molecule has 0 saturated heterocycles. The number of nitrogens with one attached hydrogen (secondary N) is 1. The zero-order valence-electron chi connectivity index (χ0n) is 17.9. The van der Waals surface area contributed by atoms with Gasteiger partial charge in [-0.05, 0) is 50.1 Å². The van der Waals surface area contributed by atoms with Crippen LogP contribution in [-0.4, -0.2) is 20.3 Å². The van der Waals surface area contributed by atoms with Gasteiger partial charge in [-0.15, -0.1) is 0 Å². The van der Waals surface area contributed by atoms with Crippen LogP contribution in [0.5, 0.6) is 0 Å². The number of pyridine rings is 1. The molecule has 2 heterocycles. The van der Waals surface area contributed by atoms with Gasteiger partial charge in [0.2, 0.25) is 5.91 Å². The number of hydrogen-bond donors (Lipinski definition) is 1. The first-order valence-corrected chi connectivity index (χ1v) is 10.2. The van der Waals surface area contributed by atoms with Crippen LogP contribution >= 0.6 is 0 Å². The lowest BCUT2D eigenvalue weighted by Gasteiger charge is -2.13. The van der Waals surface area contributed by atoms with E-state index in [9.17, 15) is 18.4 Å². The van der Waals surface area contributed by atoms with E-state index in [4.69, 9.17) is 0 Å². The largest absolute Gasteiger partial charge is 0.324 e. The minimum absolute atomic E-state index is 0.103. The first kappa shape index (κ1) is 21.4. The highest BCUT2D eigenvalue weighted by Crippen LogP contribution is 2.25. The highest BCUT2D eigenvalue weighted by atomic mass is 19.2. The van der Waals surface area contributed by atoms with Gasteiger partial charge < -0.3 is 5.32 Å². The lowest BCUT2D eigenvalue weighted by Crippen LogP contribution is -2.29. The fourth-order valence-corrected chi connectivity index (χ4v) is 3.76. The molecule has 1 amide bonds. The second kappa shape index (κ2) is 8.37. The summed E-state index contributed by atoms with van der Waals surface area (Å²) in [7, 11) is 0. The predicted octanol–water partition coefficient (Wildman–Crippen LogP) is 4.28. The number of rotatable bonds is 5. The third kappa shape index (κ3) is 3.91. The van der Waals surface area contributed by atoms with Crippen LogP contribution in [0.4, 0.5) is 14.5 Å². The van der Waals surface area contributed by atoms with Gasteiger partial charge in [0.05, 0.1) is 11.4 Å². The molecule has 6 nitrogen and oxygen atoms in total. The summed E-state index contributed by atoms with van der Waals surface area (Å²) in [6.07, 6.45) is 0.633. The van der Waals surface area contributed by atoms with Gasteiger partial charge in [-0.3, -0.25) is 14.2 Å². The first-order valence-electron chi connectivity index (χ1n) is 10.2. The maximum atomic E-state index is 13.5. The summed E-state index contributed by atoms with van der Waals surface area (Å²) < 4.78 is 29.7. The van der Waals surface area contributed by atoms with Crippen LogP contribution in [-0.2, 0) is 17.8 Å². The zero-order chi connectivity index (χ0) is 23.0. The molecule has 0 aliphatic rings. The summed E-state index contributed by atoms with van der Waals surface area (Å²) in [5, 5.41) is 7.98. The number of anilines is 1. The van der Waals surface area contributed by atoms with Crippen molar-refractivity contribution in [1.29, 1.82) is 0 Å². The maximum Gasteiger partial charge on any atom is 0.252 e. The van der Waals surface area contributed by atoms with Gasteiger partial charge in [-0.2, -0.15) is 5.10 Å². The van der Waals surface area contributed by atoms with Crippen LogP contribution in [0, 0.1) is 25.5 Å². The average Bonchev–Trinajstić information content (AvgIpc) is 3.10. The van der Waals surface area contributed by atoms with Gasteiger partial charge >= 0.3 is 0 Å². The van der Waals surface area contributed by atoms with Crippen LogP contribution in [0.3, 0.4) is 0 Å². The average molecular weight is 436 g/mol. The normalized spacial score (nSPS) is 11.2. The number of aromatic nitrogens is 3. The first-order chi connectivity index (χ1) is 15.3. The van der Waals surface area contributed by atoms with Crippen molar-refractivity contribution in [2.24, 2.45) is 0 Å². The Kier molecular flexibility index (Phi) is 5.61. The number of aryl methyl sites for hydroxylation is 3. The number of benzene rings is 2. The SMILES string of the molecule is CCc1cc(=O)n(CC(=O)Nc2ccc(F)c(F)c2)c2c1c(C)nn2-c1ccc(C)cc1. The standard InChI is InChI=1S/C24H22F2N4O2/c1-4-16-11-22(32)29(13-21(31)27-17-7-10-19(25)20(26)12-17)24-23(16)15(3)28-30(24)18-8-5-14(2)6-9-18/h5-12H,4,13H2,1-3H3,(H,27,31). The lowest BCUT2D eigenvalue weighted by molar-refractivity contribution is -0.116. The van der Waals surface area contributed by atoms with Crippen molar-refractivity contribution in [3.63, 3.8) is 0 Å². The number of amides is 1. The van der Waals surface area contributed by atoms with E-state index in [-0.39, 0.29) is 17.8 Å². The van der Waals surface area contributed by atoms with Crippen molar-refractivity contribution in [3.8, 4) is 5.69 Å². The molecule has 0 atom stereocenters. The number of fused-ring (bicyclic) bond motifs is 1.